The van der Waals surface area contributed by atoms with Gasteiger partial charge in [-0.1, -0.05) is 6.07 Å². The molecule has 0 radical (unpaired) electrons. The lowest BCUT2D eigenvalue weighted by Gasteiger charge is -2.10. The number of rotatable bonds is 10. The van der Waals surface area contributed by atoms with Crippen molar-refractivity contribution in [1.82, 2.24) is 10.6 Å². The molecule has 0 aliphatic carbocycles. The molecule has 0 unspecified atom stereocenters. The third-order valence-electron chi connectivity index (χ3n) is 3.74. The smallest absolute Gasteiger partial charge is 0.255 e. The number of nitrogens with one attached hydrogen (secondary N) is 3. The van der Waals surface area contributed by atoms with Gasteiger partial charge in [0.25, 0.3) is 5.91 Å². The van der Waals surface area contributed by atoms with E-state index in [4.69, 9.17) is 9.47 Å². The summed E-state index contributed by atoms with van der Waals surface area (Å²) in [6.07, 6.45) is 0.434. The predicted molar refractivity (Wildman–Crippen MR) is 104 cm³/mol. The van der Waals surface area contributed by atoms with Crippen LogP contribution in [0.15, 0.2) is 48.5 Å². The summed E-state index contributed by atoms with van der Waals surface area (Å²) in [6, 6.07) is 14.0. The van der Waals surface area contributed by atoms with E-state index in [1.807, 2.05) is 0 Å². The lowest BCUT2D eigenvalue weighted by atomic mass is 10.2. The third-order valence-corrected chi connectivity index (χ3v) is 3.74. The van der Waals surface area contributed by atoms with Crippen molar-refractivity contribution in [1.29, 1.82) is 0 Å². The molecule has 2 rings (SSSR count). The van der Waals surface area contributed by atoms with Crippen molar-refractivity contribution in [2.75, 3.05) is 39.2 Å². The Hall–Kier alpha value is -3.06. The van der Waals surface area contributed by atoms with E-state index in [1.165, 1.54) is 0 Å². The van der Waals surface area contributed by atoms with Gasteiger partial charge in [-0.2, -0.15) is 0 Å². The summed E-state index contributed by atoms with van der Waals surface area (Å²) in [5.41, 5.74) is 1.16. The zero-order valence-electron chi connectivity index (χ0n) is 15.6. The van der Waals surface area contributed by atoms with Crippen molar-refractivity contribution in [2.24, 2.45) is 0 Å². The van der Waals surface area contributed by atoms with Gasteiger partial charge in [0.05, 0.1) is 13.7 Å². The summed E-state index contributed by atoms with van der Waals surface area (Å²) in [5, 5.41) is 8.53. The molecule has 0 atom stereocenters. The monoisotopic (exact) mass is 371 g/mol. The normalized spacial score (nSPS) is 10.1. The van der Waals surface area contributed by atoms with E-state index >= 15 is 0 Å². The summed E-state index contributed by atoms with van der Waals surface area (Å²) in [7, 11) is 3.38. The number of carbonyl (C=O) groups excluding carboxylic acids is 2. The van der Waals surface area contributed by atoms with Gasteiger partial charge >= 0.3 is 0 Å². The van der Waals surface area contributed by atoms with Crippen molar-refractivity contribution in [2.45, 2.75) is 6.42 Å². The first-order valence-corrected chi connectivity index (χ1v) is 8.72. The van der Waals surface area contributed by atoms with Crippen LogP contribution in [0.1, 0.15) is 16.8 Å². The number of anilines is 1. The number of hydrogen-bond donors (Lipinski definition) is 3. The van der Waals surface area contributed by atoms with Crippen LogP contribution in [0.2, 0.25) is 0 Å². The molecule has 3 N–H and O–H groups in total. The Balaban J connectivity index is 1.82. The summed E-state index contributed by atoms with van der Waals surface area (Å²) in [6.45, 7) is 1.41. The van der Waals surface area contributed by atoms with E-state index in [9.17, 15) is 9.59 Å². The summed E-state index contributed by atoms with van der Waals surface area (Å²) in [5.74, 6) is 1.08. The highest BCUT2D eigenvalue weighted by Gasteiger charge is 2.07. The molecule has 144 valence electrons. The van der Waals surface area contributed by atoms with Gasteiger partial charge in [0.15, 0.2) is 0 Å². The van der Waals surface area contributed by atoms with Gasteiger partial charge in [-0.05, 0) is 43.4 Å². The molecule has 27 heavy (non-hydrogen) atoms. The highest BCUT2D eigenvalue weighted by molar-refractivity contribution is 6.04. The fraction of sp³-hybridized carbons (Fsp3) is 0.300. The summed E-state index contributed by atoms with van der Waals surface area (Å²) >= 11 is 0. The SMILES string of the molecule is CNCCC(=O)NCCOc1cccc(NC(=O)c2ccc(OC)cc2)c1. The van der Waals surface area contributed by atoms with Crippen molar-refractivity contribution < 1.29 is 19.1 Å². The molecule has 0 spiro atoms. The highest BCUT2D eigenvalue weighted by atomic mass is 16.5. The van der Waals surface area contributed by atoms with Gasteiger partial charge in [0, 0.05) is 30.3 Å². The van der Waals surface area contributed by atoms with Crippen LogP contribution in [0.4, 0.5) is 5.69 Å². The van der Waals surface area contributed by atoms with Crippen LogP contribution in [0, 0.1) is 0 Å². The Bertz CT molecular complexity index is 747. The summed E-state index contributed by atoms with van der Waals surface area (Å²) in [4.78, 5) is 23.8. The van der Waals surface area contributed by atoms with Gasteiger partial charge in [-0.25, -0.2) is 0 Å². The first-order chi connectivity index (χ1) is 13.1. The molecule has 2 amide bonds. The Morgan fingerprint density at radius 2 is 1.78 bits per heavy atom. The minimum absolute atomic E-state index is 0.0199. The molecule has 0 saturated heterocycles. The molecule has 0 aliphatic rings. The topological polar surface area (TPSA) is 88.7 Å². The number of benzene rings is 2. The number of ether oxygens (including phenoxy) is 2. The van der Waals surface area contributed by atoms with Crippen LogP contribution >= 0.6 is 0 Å². The maximum Gasteiger partial charge on any atom is 0.255 e. The molecule has 7 heteroatoms. The lowest BCUT2D eigenvalue weighted by Crippen LogP contribution is -2.30. The fourth-order valence-corrected chi connectivity index (χ4v) is 2.30. The minimum atomic E-state index is -0.216. The molecular weight excluding hydrogens is 346 g/mol. The zero-order valence-corrected chi connectivity index (χ0v) is 15.6. The van der Waals surface area contributed by atoms with Crippen molar-refractivity contribution in [3.63, 3.8) is 0 Å². The predicted octanol–water partition coefficient (Wildman–Crippen LogP) is 2.05. The minimum Gasteiger partial charge on any atom is -0.497 e. The van der Waals surface area contributed by atoms with Crippen LogP contribution in [0.25, 0.3) is 0 Å². The van der Waals surface area contributed by atoms with Gasteiger partial charge in [-0.3, -0.25) is 9.59 Å². The molecular formula is C20H25N3O4. The highest BCUT2D eigenvalue weighted by Crippen LogP contribution is 2.19. The number of amides is 2. The van der Waals surface area contributed by atoms with Crippen molar-refractivity contribution in [3.05, 3.63) is 54.1 Å². The Kier molecular flexibility index (Phi) is 8.12. The van der Waals surface area contributed by atoms with Crippen molar-refractivity contribution >= 4 is 17.5 Å². The molecule has 2 aromatic rings. The average molecular weight is 371 g/mol. The molecule has 7 nitrogen and oxygen atoms in total. The second-order valence-electron chi connectivity index (χ2n) is 5.76. The van der Waals surface area contributed by atoms with E-state index in [0.29, 0.717) is 48.9 Å². The maximum absolute atomic E-state index is 12.3. The second-order valence-corrected chi connectivity index (χ2v) is 5.76. The number of methoxy groups -OCH3 is 1. The van der Waals surface area contributed by atoms with Crippen LogP contribution in [0.5, 0.6) is 11.5 Å². The third kappa shape index (κ3) is 6.99. The molecule has 0 heterocycles. The van der Waals surface area contributed by atoms with Crippen LogP contribution in [-0.2, 0) is 4.79 Å². The van der Waals surface area contributed by atoms with Gasteiger partial charge in [-0.15, -0.1) is 0 Å². The molecule has 0 fully saturated rings. The zero-order chi connectivity index (χ0) is 19.5. The summed E-state index contributed by atoms with van der Waals surface area (Å²) < 4.78 is 10.7. The first-order valence-electron chi connectivity index (χ1n) is 8.72. The second kappa shape index (κ2) is 10.8. The molecule has 0 saturated carbocycles. The van der Waals surface area contributed by atoms with Crippen LogP contribution in [-0.4, -0.2) is 45.7 Å². The fourth-order valence-electron chi connectivity index (χ4n) is 2.30. The van der Waals surface area contributed by atoms with Gasteiger partial charge in [0.1, 0.15) is 18.1 Å². The number of hydrogen-bond acceptors (Lipinski definition) is 5. The molecule has 0 bridgehead atoms. The van der Waals surface area contributed by atoms with Crippen molar-refractivity contribution in [3.8, 4) is 11.5 Å². The van der Waals surface area contributed by atoms with E-state index < -0.39 is 0 Å². The molecule has 2 aromatic carbocycles. The van der Waals surface area contributed by atoms with E-state index in [1.54, 1.807) is 62.7 Å². The van der Waals surface area contributed by atoms with E-state index in [0.717, 1.165) is 0 Å². The number of carbonyl (C=O) groups is 2. The van der Waals surface area contributed by atoms with E-state index in [2.05, 4.69) is 16.0 Å². The van der Waals surface area contributed by atoms with E-state index in [-0.39, 0.29) is 11.8 Å². The molecule has 0 aromatic heterocycles. The average Bonchev–Trinajstić information content (AvgIpc) is 2.70. The Labute approximate surface area is 159 Å². The van der Waals surface area contributed by atoms with Gasteiger partial charge < -0.3 is 25.4 Å². The quantitative estimate of drug-likeness (QED) is 0.556. The lowest BCUT2D eigenvalue weighted by molar-refractivity contribution is -0.121. The van der Waals surface area contributed by atoms with Crippen LogP contribution < -0.4 is 25.4 Å². The van der Waals surface area contributed by atoms with Crippen LogP contribution in [0.3, 0.4) is 0 Å². The maximum atomic E-state index is 12.3. The Morgan fingerprint density at radius 1 is 1.00 bits per heavy atom. The standard InChI is InChI=1S/C20H25N3O4/c1-21-11-10-19(24)22-12-13-27-18-5-3-4-16(14-18)23-20(25)15-6-8-17(26-2)9-7-15/h3-9,14,21H,10-13H2,1-2H3,(H,22,24)(H,23,25). The van der Waals surface area contributed by atoms with Gasteiger partial charge in [0.2, 0.25) is 5.91 Å². The molecule has 0 aliphatic heterocycles. The largest absolute Gasteiger partial charge is 0.497 e. The first kappa shape index (κ1) is 20.3. The Morgan fingerprint density at radius 3 is 2.48 bits per heavy atom.